The number of nitrogens with zero attached hydrogens (tertiary/aromatic N) is 1. The van der Waals surface area contributed by atoms with Crippen molar-refractivity contribution in [3.63, 3.8) is 0 Å². The standard InChI is InChI=1S/C15H21NS/c1-12(2)10-15(17)16-9-8-14(11-16)13-6-4-3-5-7-13/h3-7,12,14H,8-11H2,1-2H3. The lowest BCUT2D eigenvalue weighted by atomic mass is 9.99. The predicted octanol–water partition coefficient (Wildman–Crippen LogP) is 3.85. The average molecular weight is 247 g/mol. The molecule has 0 aromatic heterocycles. The lowest BCUT2D eigenvalue weighted by molar-refractivity contribution is 0.494. The Morgan fingerprint density at radius 3 is 2.71 bits per heavy atom. The zero-order chi connectivity index (χ0) is 12.3. The summed E-state index contributed by atoms with van der Waals surface area (Å²) in [6.07, 6.45) is 2.29. The molecule has 1 fully saturated rings. The Morgan fingerprint density at radius 1 is 1.35 bits per heavy atom. The molecule has 0 spiro atoms. The smallest absolute Gasteiger partial charge is 0.0782 e. The third-order valence-electron chi connectivity index (χ3n) is 3.39. The SMILES string of the molecule is CC(C)CC(=S)N1CCC(c2ccccc2)C1. The van der Waals surface area contributed by atoms with E-state index in [1.54, 1.807) is 0 Å². The van der Waals surface area contributed by atoms with E-state index in [0.717, 1.165) is 24.5 Å². The van der Waals surface area contributed by atoms with Gasteiger partial charge in [0, 0.05) is 25.4 Å². The number of hydrogen-bond acceptors (Lipinski definition) is 1. The highest BCUT2D eigenvalue weighted by Gasteiger charge is 2.25. The Bertz CT molecular complexity index is 372. The molecule has 1 atom stereocenters. The van der Waals surface area contributed by atoms with Crippen LogP contribution >= 0.6 is 12.2 Å². The van der Waals surface area contributed by atoms with Crippen LogP contribution in [0.1, 0.15) is 38.2 Å². The summed E-state index contributed by atoms with van der Waals surface area (Å²) in [4.78, 5) is 3.55. The van der Waals surface area contributed by atoms with E-state index >= 15 is 0 Å². The highest BCUT2D eigenvalue weighted by atomic mass is 32.1. The van der Waals surface area contributed by atoms with Gasteiger partial charge in [-0.1, -0.05) is 56.4 Å². The minimum absolute atomic E-state index is 0.665. The van der Waals surface area contributed by atoms with Crippen molar-refractivity contribution in [2.75, 3.05) is 13.1 Å². The van der Waals surface area contributed by atoms with Gasteiger partial charge in [-0.05, 0) is 17.9 Å². The highest BCUT2D eigenvalue weighted by molar-refractivity contribution is 7.80. The van der Waals surface area contributed by atoms with Crippen molar-refractivity contribution in [2.45, 2.75) is 32.6 Å². The first-order chi connectivity index (χ1) is 8.16. The van der Waals surface area contributed by atoms with Crippen LogP contribution < -0.4 is 0 Å². The monoisotopic (exact) mass is 247 g/mol. The summed E-state index contributed by atoms with van der Waals surface area (Å²) >= 11 is 5.52. The van der Waals surface area contributed by atoms with Crippen molar-refractivity contribution in [1.29, 1.82) is 0 Å². The van der Waals surface area contributed by atoms with Crippen molar-refractivity contribution in [3.8, 4) is 0 Å². The van der Waals surface area contributed by atoms with Gasteiger partial charge in [-0.3, -0.25) is 0 Å². The topological polar surface area (TPSA) is 3.24 Å². The lowest BCUT2D eigenvalue weighted by Crippen LogP contribution is -2.27. The van der Waals surface area contributed by atoms with E-state index in [1.807, 2.05) is 0 Å². The second-order valence-corrected chi connectivity index (χ2v) is 5.81. The van der Waals surface area contributed by atoms with Crippen LogP contribution in [0.15, 0.2) is 30.3 Å². The summed E-state index contributed by atoms with van der Waals surface area (Å²) in [7, 11) is 0. The molecule has 0 bridgehead atoms. The van der Waals surface area contributed by atoms with Crippen molar-refractivity contribution in [2.24, 2.45) is 5.92 Å². The molecule has 2 heteroatoms. The number of likely N-dealkylation sites (tertiary alicyclic amines) is 1. The van der Waals surface area contributed by atoms with Crippen LogP contribution in [-0.4, -0.2) is 23.0 Å². The molecule has 1 aromatic carbocycles. The van der Waals surface area contributed by atoms with Crippen molar-refractivity contribution < 1.29 is 0 Å². The zero-order valence-electron chi connectivity index (χ0n) is 10.7. The van der Waals surface area contributed by atoms with Crippen molar-refractivity contribution >= 4 is 17.2 Å². The maximum atomic E-state index is 5.52. The summed E-state index contributed by atoms with van der Waals surface area (Å²) in [5.74, 6) is 1.33. The average Bonchev–Trinajstić information content (AvgIpc) is 2.78. The van der Waals surface area contributed by atoms with Gasteiger partial charge in [0.05, 0.1) is 4.99 Å². The number of hydrogen-bond donors (Lipinski definition) is 0. The van der Waals surface area contributed by atoms with E-state index in [9.17, 15) is 0 Å². The van der Waals surface area contributed by atoms with Gasteiger partial charge in [-0.25, -0.2) is 0 Å². The molecular formula is C15H21NS. The molecule has 1 aliphatic rings. The molecule has 1 saturated heterocycles. The van der Waals surface area contributed by atoms with Gasteiger partial charge in [0.2, 0.25) is 0 Å². The largest absolute Gasteiger partial charge is 0.366 e. The third kappa shape index (κ3) is 3.29. The van der Waals surface area contributed by atoms with Crippen LogP contribution in [0.2, 0.25) is 0 Å². The van der Waals surface area contributed by atoms with E-state index < -0.39 is 0 Å². The summed E-state index contributed by atoms with van der Waals surface area (Å²) in [5, 5.41) is 0. The molecule has 0 aliphatic carbocycles. The molecule has 1 aliphatic heterocycles. The first-order valence-corrected chi connectivity index (χ1v) is 6.90. The van der Waals surface area contributed by atoms with Gasteiger partial charge in [-0.15, -0.1) is 0 Å². The van der Waals surface area contributed by atoms with Gasteiger partial charge in [0.25, 0.3) is 0 Å². The molecule has 0 saturated carbocycles. The molecule has 92 valence electrons. The van der Waals surface area contributed by atoms with Gasteiger partial charge >= 0.3 is 0 Å². The van der Waals surface area contributed by atoms with E-state index in [0.29, 0.717) is 11.8 Å². The maximum Gasteiger partial charge on any atom is 0.0782 e. The molecule has 0 amide bonds. The minimum atomic E-state index is 0.665. The molecule has 1 unspecified atom stereocenters. The first-order valence-electron chi connectivity index (χ1n) is 6.49. The van der Waals surface area contributed by atoms with Gasteiger partial charge in [-0.2, -0.15) is 0 Å². The zero-order valence-corrected chi connectivity index (χ0v) is 11.5. The van der Waals surface area contributed by atoms with Crippen molar-refractivity contribution in [1.82, 2.24) is 4.90 Å². The van der Waals surface area contributed by atoms with Crippen LogP contribution in [-0.2, 0) is 0 Å². The quantitative estimate of drug-likeness (QED) is 0.746. The van der Waals surface area contributed by atoms with E-state index in [4.69, 9.17) is 12.2 Å². The van der Waals surface area contributed by atoms with Crippen molar-refractivity contribution in [3.05, 3.63) is 35.9 Å². The van der Waals surface area contributed by atoms with Crippen LogP contribution in [0, 0.1) is 5.92 Å². The number of rotatable bonds is 3. The fourth-order valence-corrected chi connectivity index (χ4v) is 2.96. The molecule has 0 N–H and O–H groups in total. The van der Waals surface area contributed by atoms with Gasteiger partial charge < -0.3 is 4.90 Å². The van der Waals surface area contributed by atoms with Crippen LogP contribution in [0.5, 0.6) is 0 Å². The molecule has 1 nitrogen and oxygen atoms in total. The summed E-state index contributed by atoms with van der Waals surface area (Å²) in [6, 6.07) is 10.8. The van der Waals surface area contributed by atoms with Crippen LogP contribution in [0.3, 0.4) is 0 Å². The molecule has 1 aromatic rings. The summed E-state index contributed by atoms with van der Waals surface area (Å²) < 4.78 is 0. The van der Waals surface area contributed by atoms with E-state index in [1.165, 1.54) is 12.0 Å². The summed E-state index contributed by atoms with van der Waals surface area (Å²) in [5.41, 5.74) is 1.46. The van der Waals surface area contributed by atoms with Crippen LogP contribution in [0.25, 0.3) is 0 Å². The maximum absolute atomic E-state index is 5.52. The summed E-state index contributed by atoms with van der Waals surface area (Å²) in [6.45, 7) is 6.70. The lowest BCUT2D eigenvalue weighted by Gasteiger charge is -2.21. The Labute approximate surface area is 110 Å². The Morgan fingerprint density at radius 2 is 2.06 bits per heavy atom. The minimum Gasteiger partial charge on any atom is -0.366 e. The normalized spacial score (nSPS) is 19.9. The molecule has 17 heavy (non-hydrogen) atoms. The predicted molar refractivity (Wildman–Crippen MR) is 77.4 cm³/mol. The molecular weight excluding hydrogens is 226 g/mol. The van der Waals surface area contributed by atoms with Gasteiger partial charge in [0.1, 0.15) is 0 Å². The highest BCUT2D eigenvalue weighted by Crippen LogP contribution is 2.28. The molecule has 1 heterocycles. The Kier molecular flexibility index (Phi) is 4.16. The number of benzene rings is 1. The Hall–Kier alpha value is -0.890. The molecule has 0 radical (unpaired) electrons. The fraction of sp³-hybridized carbons (Fsp3) is 0.533. The fourth-order valence-electron chi connectivity index (χ4n) is 2.46. The van der Waals surface area contributed by atoms with Crippen LogP contribution in [0.4, 0.5) is 0 Å². The first kappa shape index (κ1) is 12.6. The van der Waals surface area contributed by atoms with Gasteiger partial charge in [0.15, 0.2) is 0 Å². The third-order valence-corrected chi connectivity index (χ3v) is 3.82. The van der Waals surface area contributed by atoms with E-state index in [2.05, 4.69) is 49.1 Å². The van der Waals surface area contributed by atoms with E-state index in [-0.39, 0.29) is 0 Å². The second-order valence-electron chi connectivity index (χ2n) is 5.33. The Balaban J connectivity index is 1.94. The number of thiocarbonyl (C=S) groups is 1. The second kappa shape index (κ2) is 5.63. The molecule has 2 rings (SSSR count).